The number of carbonyl (C=O) groups is 1. The third-order valence-electron chi connectivity index (χ3n) is 2.93. The highest BCUT2D eigenvalue weighted by Crippen LogP contribution is 2.18. The van der Waals surface area contributed by atoms with Gasteiger partial charge < -0.3 is 9.15 Å². The van der Waals surface area contributed by atoms with Crippen LogP contribution in [0.3, 0.4) is 0 Å². The Morgan fingerprint density at radius 2 is 2.14 bits per heavy atom. The first kappa shape index (κ1) is 14.8. The molecule has 1 heterocycles. The van der Waals surface area contributed by atoms with Crippen LogP contribution in [0.5, 0.6) is 5.75 Å². The van der Waals surface area contributed by atoms with E-state index in [9.17, 15) is 4.79 Å². The number of rotatable bonds is 5. The molecule has 0 spiro atoms. The molecule has 0 saturated carbocycles. The Hall–Kier alpha value is -2.56. The largest absolute Gasteiger partial charge is 0.483 e. The molecule has 0 aliphatic carbocycles. The summed E-state index contributed by atoms with van der Waals surface area (Å²) in [5, 5.41) is 3.96. The van der Waals surface area contributed by atoms with Gasteiger partial charge in [-0.05, 0) is 50.1 Å². The molecule has 1 aromatic heterocycles. The minimum atomic E-state index is -0.318. The van der Waals surface area contributed by atoms with Crippen molar-refractivity contribution in [1.29, 1.82) is 0 Å². The van der Waals surface area contributed by atoms with Crippen LogP contribution >= 0.6 is 0 Å². The van der Waals surface area contributed by atoms with E-state index in [-0.39, 0.29) is 12.5 Å². The van der Waals surface area contributed by atoms with Crippen molar-refractivity contribution >= 4 is 11.6 Å². The molecule has 5 nitrogen and oxygen atoms in total. The molecule has 110 valence electrons. The van der Waals surface area contributed by atoms with Crippen molar-refractivity contribution in [3.05, 3.63) is 53.5 Å². The second-order valence-electron chi connectivity index (χ2n) is 4.77. The molecule has 5 heteroatoms. The lowest BCUT2D eigenvalue weighted by molar-refractivity contribution is -0.123. The van der Waals surface area contributed by atoms with Crippen molar-refractivity contribution in [3.63, 3.8) is 0 Å². The molecule has 0 aliphatic rings. The summed E-state index contributed by atoms with van der Waals surface area (Å²) in [5.41, 5.74) is 5.11. The summed E-state index contributed by atoms with van der Waals surface area (Å²) in [6.07, 6.45) is 1.56. The normalized spacial score (nSPS) is 11.3. The van der Waals surface area contributed by atoms with Gasteiger partial charge in [-0.25, -0.2) is 5.43 Å². The molecule has 1 aromatic carbocycles. The maximum Gasteiger partial charge on any atom is 0.277 e. The van der Waals surface area contributed by atoms with E-state index < -0.39 is 0 Å². The SMILES string of the molecule is C/C(=N\NC(=O)COc1cc(C)ccc1C)c1ccco1. The number of hydrogen-bond acceptors (Lipinski definition) is 4. The van der Waals surface area contributed by atoms with Crippen molar-refractivity contribution in [2.45, 2.75) is 20.8 Å². The molecule has 0 fully saturated rings. The molecule has 0 saturated heterocycles. The van der Waals surface area contributed by atoms with Crippen LogP contribution in [0.1, 0.15) is 23.8 Å². The van der Waals surface area contributed by atoms with E-state index in [1.165, 1.54) is 0 Å². The lowest BCUT2D eigenvalue weighted by atomic mass is 10.1. The van der Waals surface area contributed by atoms with Crippen LogP contribution in [0.15, 0.2) is 46.1 Å². The van der Waals surface area contributed by atoms with Crippen LogP contribution in [-0.4, -0.2) is 18.2 Å². The molecule has 21 heavy (non-hydrogen) atoms. The van der Waals surface area contributed by atoms with Crippen molar-refractivity contribution in [2.24, 2.45) is 5.10 Å². The third-order valence-corrected chi connectivity index (χ3v) is 2.93. The summed E-state index contributed by atoms with van der Waals surface area (Å²) in [6, 6.07) is 9.40. The van der Waals surface area contributed by atoms with Gasteiger partial charge >= 0.3 is 0 Å². The molecule has 1 amide bonds. The molecule has 0 aliphatic heterocycles. The minimum Gasteiger partial charge on any atom is -0.483 e. The van der Waals surface area contributed by atoms with Gasteiger partial charge in [0, 0.05) is 0 Å². The van der Waals surface area contributed by atoms with Gasteiger partial charge in [-0.15, -0.1) is 0 Å². The number of ether oxygens (including phenoxy) is 1. The van der Waals surface area contributed by atoms with Gasteiger partial charge in [0.05, 0.1) is 6.26 Å². The Morgan fingerprint density at radius 3 is 2.86 bits per heavy atom. The number of furan rings is 1. The van der Waals surface area contributed by atoms with Crippen molar-refractivity contribution < 1.29 is 13.9 Å². The topological polar surface area (TPSA) is 63.8 Å². The van der Waals surface area contributed by atoms with E-state index >= 15 is 0 Å². The number of carbonyl (C=O) groups excluding carboxylic acids is 1. The number of benzene rings is 1. The van der Waals surface area contributed by atoms with E-state index in [1.807, 2.05) is 32.0 Å². The first-order valence-corrected chi connectivity index (χ1v) is 6.63. The molecule has 1 N–H and O–H groups in total. The van der Waals surface area contributed by atoms with Crippen LogP contribution in [0.4, 0.5) is 0 Å². The fraction of sp³-hybridized carbons (Fsp3) is 0.250. The molecular formula is C16H18N2O3. The van der Waals surface area contributed by atoms with Gasteiger partial charge in [0.2, 0.25) is 0 Å². The number of hydrogen-bond donors (Lipinski definition) is 1. The van der Waals surface area contributed by atoms with E-state index in [4.69, 9.17) is 9.15 Å². The molecule has 0 radical (unpaired) electrons. The molecule has 2 rings (SSSR count). The zero-order valence-electron chi connectivity index (χ0n) is 12.3. The Bertz CT molecular complexity index is 646. The van der Waals surface area contributed by atoms with Crippen LogP contribution in [-0.2, 0) is 4.79 Å². The highest BCUT2D eigenvalue weighted by molar-refractivity contribution is 5.96. The Morgan fingerprint density at radius 1 is 1.33 bits per heavy atom. The van der Waals surface area contributed by atoms with Crippen LogP contribution < -0.4 is 10.2 Å². The number of hydrazone groups is 1. The third kappa shape index (κ3) is 4.21. The summed E-state index contributed by atoms with van der Waals surface area (Å²) in [7, 11) is 0. The monoisotopic (exact) mass is 286 g/mol. The highest BCUT2D eigenvalue weighted by Gasteiger charge is 2.06. The number of aryl methyl sites for hydroxylation is 2. The number of amides is 1. The van der Waals surface area contributed by atoms with Crippen LogP contribution in [0.25, 0.3) is 0 Å². The van der Waals surface area contributed by atoms with Crippen molar-refractivity contribution in [3.8, 4) is 5.75 Å². The first-order valence-electron chi connectivity index (χ1n) is 6.63. The average molecular weight is 286 g/mol. The van der Waals surface area contributed by atoms with Gasteiger partial charge in [-0.2, -0.15) is 5.10 Å². The molecule has 2 aromatic rings. The summed E-state index contributed by atoms with van der Waals surface area (Å²) in [5.74, 6) is 1.00. The van der Waals surface area contributed by atoms with Gasteiger partial charge in [-0.3, -0.25) is 4.79 Å². The van der Waals surface area contributed by atoms with Crippen molar-refractivity contribution in [1.82, 2.24) is 5.43 Å². The summed E-state index contributed by atoms with van der Waals surface area (Å²) < 4.78 is 10.7. The average Bonchev–Trinajstić information content (AvgIpc) is 3.00. The van der Waals surface area contributed by atoms with Crippen LogP contribution in [0.2, 0.25) is 0 Å². The second kappa shape index (κ2) is 6.74. The Labute approximate surface area is 123 Å². The zero-order valence-corrected chi connectivity index (χ0v) is 12.3. The summed E-state index contributed by atoms with van der Waals surface area (Å²) in [4.78, 5) is 11.7. The maximum atomic E-state index is 11.7. The summed E-state index contributed by atoms with van der Waals surface area (Å²) in [6.45, 7) is 5.58. The number of nitrogens with one attached hydrogen (secondary N) is 1. The smallest absolute Gasteiger partial charge is 0.277 e. The highest BCUT2D eigenvalue weighted by atomic mass is 16.5. The second-order valence-corrected chi connectivity index (χ2v) is 4.77. The van der Waals surface area contributed by atoms with E-state index in [2.05, 4.69) is 10.5 Å². The maximum absolute atomic E-state index is 11.7. The molecule has 0 unspecified atom stereocenters. The predicted molar refractivity (Wildman–Crippen MR) is 80.5 cm³/mol. The Balaban J connectivity index is 1.88. The van der Waals surface area contributed by atoms with Crippen LogP contribution in [0, 0.1) is 13.8 Å². The van der Waals surface area contributed by atoms with Gasteiger partial charge in [0.15, 0.2) is 6.61 Å². The van der Waals surface area contributed by atoms with Gasteiger partial charge in [-0.1, -0.05) is 12.1 Å². The quantitative estimate of drug-likeness (QED) is 0.679. The molecule has 0 bridgehead atoms. The summed E-state index contributed by atoms with van der Waals surface area (Å²) >= 11 is 0. The van der Waals surface area contributed by atoms with Gasteiger partial charge in [0.25, 0.3) is 5.91 Å². The number of nitrogens with zero attached hydrogens (tertiary/aromatic N) is 1. The van der Waals surface area contributed by atoms with E-state index in [0.29, 0.717) is 17.2 Å². The lowest BCUT2D eigenvalue weighted by Crippen LogP contribution is -2.25. The molecular weight excluding hydrogens is 268 g/mol. The first-order chi connectivity index (χ1) is 10.1. The van der Waals surface area contributed by atoms with E-state index in [1.54, 1.807) is 25.3 Å². The fourth-order valence-electron chi connectivity index (χ4n) is 1.72. The Kier molecular flexibility index (Phi) is 4.77. The molecule has 0 atom stereocenters. The van der Waals surface area contributed by atoms with Crippen molar-refractivity contribution in [2.75, 3.05) is 6.61 Å². The lowest BCUT2D eigenvalue weighted by Gasteiger charge is -2.09. The fourth-order valence-corrected chi connectivity index (χ4v) is 1.72. The minimum absolute atomic E-state index is 0.0841. The predicted octanol–water partition coefficient (Wildman–Crippen LogP) is 2.82. The van der Waals surface area contributed by atoms with Gasteiger partial charge in [0.1, 0.15) is 17.2 Å². The standard InChI is InChI=1S/C16H18N2O3/c1-11-6-7-12(2)15(9-11)21-10-16(19)18-17-13(3)14-5-4-8-20-14/h4-9H,10H2,1-3H3,(H,18,19)/b17-13+. The van der Waals surface area contributed by atoms with E-state index in [0.717, 1.165) is 11.1 Å². The zero-order chi connectivity index (χ0) is 15.2.